The molecule has 114 valence electrons. The molecule has 1 unspecified atom stereocenters. The van der Waals surface area contributed by atoms with Crippen LogP contribution in [-0.2, 0) is 4.74 Å². The van der Waals surface area contributed by atoms with Gasteiger partial charge in [-0.1, -0.05) is 12.1 Å². The summed E-state index contributed by atoms with van der Waals surface area (Å²) >= 11 is 0. The molecule has 0 spiro atoms. The Morgan fingerprint density at radius 2 is 1.85 bits per heavy atom. The molecule has 0 aliphatic heterocycles. The molecule has 0 saturated carbocycles. The van der Waals surface area contributed by atoms with Crippen LogP contribution in [0.3, 0.4) is 0 Å². The Labute approximate surface area is 122 Å². The van der Waals surface area contributed by atoms with Gasteiger partial charge < -0.3 is 19.5 Å². The molecule has 1 rings (SSSR count). The molecule has 0 aliphatic rings. The highest BCUT2D eigenvalue weighted by molar-refractivity contribution is 5.28. The first-order valence-corrected chi connectivity index (χ1v) is 7.15. The highest BCUT2D eigenvalue weighted by Crippen LogP contribution is 2.19. The summed E-state index contributed by atoms with van der Waals surface area (Å²) in [6, 6.07) is 7.66. The Morgan fingerprint density at radius 1 is 1.20 bits per heavy atom. The first kappa shape index (κ1) is 17.0. The van der Waals surface area contributed by atoms with E-state index >= 15 is 0 Å². The van der Waals surface area contributed by atoms with Gasteiger partial charge in [0.2, 0.25) is 0 Å². The number of ether oxygens (including phenoxy) is 2. The van der Waals surface area contributed by atoms with Crippen LogP contribution in [0.2, 0.25) is 0 Å². The third-order valence-electron chi connectivity index (χ3n) is 3.01. The van der Waals surface area contributed by atoms with Crippen molar-refractivity contribution >= 4 is 0 Å². The van der Waals surface area contributed by atoms with Gasteiger partial charge in [0, 0.05) is 26.8 Å². The van der Waals surface area contributed by atoms with Crippen molar-refractivity contribution in [3.8, 4) is 5.75 Å². The molecule has 4 heteroatoms. The normalized spacial score (nSPS) is 12.9. The molecule has 4 nitrogen and oxygen atoms in total. The van der Waals surface area contributed by atoms with Crippen molar-refractivity contribution in [1.29, 1.82) is 0 Å². The fourth-order valence-corrected chi connectivity index (χ4v) is 2.01. The molecule has 0 aromatic heterocycles. The molecule has 1 aromatic rings. The summed E-state index contributed by atoms with van der Waals surface area (Å²) in [5.74, 6) is 0.837. The summed E-state index contributed by atoms with van der Waals surface area (Å²) in [6.45, 7) is 6.28. The first-order chi connectivity index (χ1) is 9.52. The summed E-state index contributed by atoms with van der Waals surface area (Å²) in [6.07, 6.45) is 0.661. The number of hydrogen-bond donors (Lipinski definition) is 1. The van der Waals surface area contributed by atoms with Gasteiger partial charge in [-0.2, -0.15) is 0 Å². The maximum absolute atomic E-state index is 10.2. The van der Waals surface area contributed by atoms with Crippen LogP contribution in [0.5, 0.6) is 5.75 Å². The lowest BCUT2D eigenvalue weighted by Gasteiger charge is -2.21. The minimum atomic E-state index is -0.476. The number of methoxy groups -OCH3 is 1. The van der Waals surface area contributed by atoms with Gasteiger partial charge in [-0.05, 0) is 45.0 Å². The van der Waals surface area contributed by atoms with E-state index in [0.29, 0.717) is 6.54 Å². The van der Waals surface area contributed by atoms with Gasteiger partial charge in [-0.15, -0.1) is 0 Å². The van der Waals surface area contributed by atoms with Crippen LogP contribution in [-0.4, -0.2) is 50.0 Å². The van der Waals surface area contributed by atoms with Crippen LogP contribution in [0, 0.1) is 0 Å². The Kier molecular flexibility index (Phi) is 7.59. The molecule has 0 fully saturated rings. The van der Waals surface area contributed by atoms with Crippen LogP contribution in [0.1, 0.15) is 31.9 Å². The maximum Gasteiger partial charge on any atom is 0.119 e. The van der Waals surface area contributed by atoms with E-state index in [2.05, 4.69) is 4.90 Å². The Balaban J connectivity index is 2.44. The highest BCUT2D eigenvalue weighted by Gasteiger charge is 2.11. The molecular weight excluding hydrogens is 254 g/mol. The molecule has 1 aromatic carbocycles. The van der Waals surface area contributed by atoms with E-state index in [9.17, 15) is 5.11 Å². The number of rotatable bonds is 9. The highest BCUT2D eigenvalue weighted by atomic mass is 16.5. The molecule has 1 atom stereocenters. The third kappa shape index (κ3) is 6.37. The monoisotopic (exact) mass is 281 g/mol. The predicted octanol–water partition coefficient (Wildman–Crippen LogP) is 2.48. The number of nitrogens with zero attached hydrogens (tertiary/aromatic N) is 1. The maximum atomic E-state index is 10.2. The van der Waals surface area contributed by atoms with E-state index in [1.54, 1.807) is 7.11 Å². The van der Waals surface area contributed by atoms with Gasteiger partial charge in [0.15, 0.2) is 0 Å². The predicted molar refractivity (Wildman–Crippen MR) is 81.2 cm³/mol. The van der Waals surface area contributed by atoms with Crippen molar-refractivity contribution in [2.75, 3.05) is 33.9 Å². The Hall–Kier alpha value is -1.10. The standard InChI is InChI=1S/C16H27NO3/c1-13(2)20-15-8-6-14(7-9-15)16(18)12-17(3)10-5-11-19-4/h6-9,13,16,18H,5,10-12H2,1-4H3. The minimum absolute atomic E-state index is 0.165. The topological polar surface area (TPSA) is 41.9 Å². The number of benzene rings is 1. The lowest BCUT2D eigenvalue weighted by atomic mass is 10.1. The molecule has 20 heavy (non-hydrogen) atoms. The molecule has 0 saturated heterocycles. The van der Waals surface area contributed by atoms with Crippen LogP contribution < -0.4 is 4.74 Å². The molecule has 0 bridgehead atoms. The summed E-state index contributed by atoms with van der Waals surface area (Å²) in [7, 11) is 3.71. The van der Waals surface area contributed by atoms with Crippen molar-refractivity contribution in [3.05, 3.63) is 29.8 Å². The number of likely N-dealkylation sites (N-methyl/N-ethyl adjacent to an activating group) is 1. The van der Waals surface area contributed by atoms with Gasteiger partial charge in [0.05, 0.1) is 12.2 Å². The van der Waals surface area contributed by atoms with Crippen LogP contribution in [0.25, 0.3) is 0 Å². The van der Waals surface area contributed by atoms with Gasteiger partial charge in [0.25, 0.3) is 0 Å². The molecule has 0 heterocycles. The van der Waals surface area contributed by atoms with Crippen molar-refractivity contribution < 1.29 is 14.6 Å². The summed E-state index contributed by atoms with van der Waals surface area (Å²) in [4.78, 5) is 2.11. The Bertz CT molecular complexity index is 364. The molecule has 0 radical (unpaired) electrons. The average Bonchev–Trinajstić information content (AvgIpc) is 2.39. The quantitative estimate of drug-likeness (QED) is 0.706. The van der Waals surface area contributed by atoms with Crippen molar-refractivity contribution in [1.82, 2.24) is 4.90 Å². The second-order valence-electron chi connectivity index (χ2n) is 5.36. The number of hydrogen-bond acceptors (Lipinski definition) is 4. The molecule has 1 N–H and O–H groups in total. The van der Waals surface area contributed by atoms with E-state index in [1.165, 1.54) is 0 Å². The third-order valence-corrected chi connectivity index (χ3v) is 3.01. The van der Waals surface area contributed by atoms with Gasteiger partial charge in [-0.25, -0.2) is 0 Å². The van der Waals surface area contributed by atoms with Crippen LogP contribution in [0.15, 0.2) is 24.3 Å². The van der Waals surface area contributed by atoms with Gasteiger partial charge in [-0.3, -0.25) is 0 Å². The smallest absolute Gasteiger partial charge is 0.119 e. The van der Waals surface area contributed by atoms with Crippen LogP contribution in [0.4, 0.5) is 0 Å². The second kappa shape index (κ2) is 8.95. The van der Waals surface area contributed by atoms with E-state index in [-0.39, 0.29) is 6.10 Å². The van der Waals surface area contributed by atoms with E-state index < -0.39 is 6.10 Å². The second-order valence-corrected chi connectivity index (χ2v) is 5.36. The zero-order valence-electron chi connectivity index (χ0n) is 13.0. The largest absolute Gasteiger partial charge is 0.491 e. The van der Waals surface area contributed by atoms with Crippen molar-refractivity contribution in [2.45, 2.75) is 32.5 Å². The summed E-state index contributed by atoms with van der Waals surface area (Å²) < 4.78 is 10.6. The lowest BCUT2D eigenvalue weighted by molar-refractivity contribution is 0.117. The fraction of sp³-hybridized carbons (Fsp3) is 0.625. The lowest BCUT2D eigenvalue weighted by Crippen LogP contribution is -2.26. The molecular formula is C16H27NO3. The average molecular weight is 281 g/mol. The van der Waals surface area contributed by atoms with Gasteiger partial charge >= 0.3 is 0 Å². The zero-order valence-corrected chi connectivity index (χ0v) is 13.0. The number of aliphatic hydroxyl groups excluding tert-OH is 1. The van der Waals surface area contributed by atoms with E-state index in [4.69, 9.17) is 9.47 Å². The van der Waals surface area contributed by atoms with Crippen LogP contribution >= 0.6 is 0 Å². The summed E-state index contributed by atoms with van der Waals surface area (Å²) in [5.41, 5.74) is 0.916. The van der Waals surface area contributed by atoms with Gasteiger partial charge in [0.1, 0.15) is 5.75 Å². The Morgan fingerprint density at radius 3 is 2.40 bits per heavy atom. The van der Waals surface area contributed by atoms with Crippen molar-refractivity contribution in [3.63, 3.8) is 0 Å². The molecule has 0 aliphatic carbocycles. The number of aliphatic hydroxyl groups is 1. The first-order valence-electron chi connectivity index (χ1n) is 7.15. The van der Waals surface area contributed by atoms with E-state index in [0.717, 1.165) is 30.9 Å². The van der Waals surface area contributed by atoms with Crippen molar-refractivity contribution in [2.24, 2.45) is 0 Å². The zero-order chi connectivity index (χ0) is 15.0. The minimum Gasteiger partial charge on any atom is -0.491 e. The fourth-order valence-electron chi connectivity index (χ4n) is 2.01. The SMILES string of the molecule is COCCCN(C)CC(O)c1ccc(OC(C)C)cc1. The summed E-state index contributed by atoms with van der Waals surface area (Å²) in [5, 5.41) is 10.2. The van der Waals surface area contributed by atoms with E-state index in [1.807, 2.05) is 45.2 Å². The molecule has 0 amide bonds.